The van der Waals surface area contributed by atoms with E-state index in [1.807, 2.05) is 0 Å². The SMILES string of the molecule is CCC(C(=O)O)c1c(C)n(C(=O)c2ccc(Cl)cc2)c2cc(F)c(OC)cc12. The Bertz CT molecular complexity index is 1070. The van der Waals surface area contributed by atoms with Crippen LogP contribution in [0.1, 0.15) is 40.9 Å². The Kier molecular flexibility index (Phi) is 5.42. The fourth-order valence-electron chi connectivity index (χ4n) is 3.52. The number of hydrogen-bond donors (Lipinski definition) is 1. The quantitative estimate of drug-likeness (QED) is 0.649. The Labute approximate surface area is 166 Å². The predicted molar refractivity (Wildman–Crippen MR) is 105 cm³/mol. The number of methoxy groups -OCH3 is 1. The first-order valence-corrected chi connectivity index (χ1v) is 9.09. The van der Waals surface area contributed by atoms with E-state index in [2.05, 4.69) is 0 Å². The summed E-state index contributed by atoms with van der Waals surface area (Å²) >= 11 is 5.90. The van der Waals surface area contributed by atoms with E-state index in [4.69, 9.17) is 16.3 Å². The summed E-state index contributed by atoms with van der Waals surface area (Å²) in [6.07, 6.45) is 0.324. The number of nitrogens with zero attached hydrogens (tertiary/aromatic N) is 1. The van der Waals surface area contributed by atoms with Crippen molar-refractivity contribution in [2.45, 2.75) is 26.2 Å². The van der Waals surface area contributed by atoms with Gasteiger partial charge in [-0.25, -0.2) is 4.39 Å². The van der Waals surface area contributed by atoms with Crippen molar-refractivity contribution in [1.82, 2.24) is 4.57 Å². The van der Waals surface area contributed by atoms with E-state index in [9.17, 15) is 19.1 Å². The number of halogens is 2. The van der Waals surface area contributed by atoms with Crippen LogP contribution in [-0.4, -0.2) is 28.7 Å². The van der Waals surface area contributed by atoms with Crippen molar-refractivity contribution in [2.24, 2.45) is 0 Å². The number of aliphatic carboxylic acids is 1. The predicted octanol–water partition coefficient (Wildman–Crippen LogP) is 5.02. The van der Waals surface area contributed by atoms with Crippen molar-refractivity contribution in [3.63, 3.8) is 0 Å². The molecule has 0 radical (unpaired) electrons. The fourth-order valence-corrected chi connectivity index (χ4v) is 3.65. The summed E-state index contributed by atoms with van der Waals surface area (Å²) in [5.74, 6) is -2.88. The first-order chi connectivity index (χ1) is 13.3. The van der Waals surface area contributed by atoms with Gasteiger partial charge in [0.05, 0.1) is 18.5 Å². The second kappa shape index (κ2) is 7.64. The van der Waals surface area contributed by atoms with Crippen LogP contribution >= 0.6 is 11.6 Å². The zero-order valence-corrected chi connectivity index (χ0v) is 16.4. The zero-order chi connectivity index (χ0) is 20.6. The molecule has 1 N–H and O–H groups in total. The van der Waals surface area contributed by atoms with Crippen molar-refractivity contribution in [3.8, 4) is 5.75 Å². The van der Waals surface area contributed by atoms with Crippen LogP contribution in [0.2, 0.25) is 5.02 Å². The van der Waals surface area contributed by atoms with Crippen LogP contribution in [0.4, 0.5) is 4.39 Å². The average molecular weight is 404 g/mol. The number of hydrogen-bond acceptors (Lipinski definition) is 3. The van der Waals surface area contributed by atoms with Crippen LogP contribution in [0.25, 0.3) is 10.9 Å². The maximum absolute atomic E-state index is 14.4. The fraction of sp³-hybridized carbons (Fsp3) is 0.238. The molecular formula is C21H19ClFNO4. The molecule has 1 heterocycles. The Morgan fingerprint density at radius 1 is 1.25 bits per heavy atom. The van der Waals surface area contributed by atoms with Crippen molar-refractivity contribution in [1.29, 1.82) is 0 Å². The lowest BCUT2D eigenvalue weighted by atomic mass is 9.94. The highest BCUT2D eigenvalue weighted by atomic mass is 35.5. The lowest BCUT2D eigenvalue weighted by Gasteiger charge is -2.12. The Hall–Kier alpha value is -2.86. The molecule has 1 unspecified atom stereocenters. The molecule has 0 spiro atoms. The largest absolute Gasteiger partial charge is 0.494 e. The number of ether oxygens (including phenoxy) is 1. The molecule has 0 aliphatic heterocycles. The van der Waals surface area contributed by atoms with Gasteiger partial charge in [0.25, 0.3) is 5.91 Å². The third kappa shape index (κ3) is 3.24. The highest BCUT2D eigenvalue weighted by molar-refractivity contribution is 6.30. The number of benzene rings is 2. The third-order valence-electron chi connectivity index (χ3n) is 4.88. The van der Waals surface area contributed by atoms with E-state index >= 15 is 0 Å². The molecule has 5 nitrogen and oxygen atoms in total. The van der Waals surface area contributed by atoms with Crippen LogP contribution in [0.3, 0.4) is 0 Å². The number of carboxylic acid groups (broad SMARTS) is 1. The third-order valence-corrected chi connectivity index (χ3v) is 5.13. The molecule has 7 heteroatoms. The van der Waals surface area contributed by atoms with Gasteiger partial charge in [0, 0.05) is 27.7 Å². The highest BCUT2D eigenvalue weighted by Crippen LogP contribution is 2.37. The molecule has 0 aliphatic carbocycles. The monoisotopic (exact) mass is 403 g/mol. The van der Waals surface area contributed by atoms with E-state index < -0.39 is 23.6 Å². The van der Waals surface area contributed by atoms with Gasteiger partial charge in [-0.1, -0.05) is 18.5 Å². The lowest BCUT2D eigenvalue weighted by Crippen LogP contribution is -2.16. The molecule has 2 aromatic carbocycles. The van der Waals surface area contributed by atoms with Gasteiger partial charge in [0.1, 0.15) is 0 Å². The van der Waals surface area contributed by atoms with Crippen molar-refractivity contribution < 1.29 is 23.8 Å². The van der Waals surface area contributed by atoms with Gasteiger partial charge >= 0.3 is 5.97 Å². The van der Waals surface area contributed by atoms with Crippen LogP contribution in [0, 0.1) is 12.7 Å². The highest BCUT2D eigenvalue weighted by Gasteiger charge is 2.29. The molecule has 1 aromatic heterocycles. The van der Waals surface area contributed by atoms with Crippen LogP contribution < -0.4 is 4.74 Å². The number of carbonyl (C=O) groups is 2. The summed E-state index contributed by atoms with van der Waals surface area (Å²) in [6.45, 7) is 3.42. The Morgan fingerprint density at radius 3 is 2.43 bits per heavy atom. The Balaban J connectivity index is 2.35. The molecular weight excluding hydrogens is 385 g/mol. The summed E-state index contributed by atoms with van der Waals surface area (Å²) in [7, 11) is 1.33. The van der Waals surface area contributed by atoms with Gasteiger partial charge < -0.3 is 9.84 Å². The molecule has 0 aliphatic rings. The minimum absolute atomic E-state index is 0.00918. The van der Waals surface area contributed by atoms with Crippen molar-refractivity contribution >= 4 is 34.4 Å². The molecule has 0 saturated heterocycles. The van der Waals surface area contributed by atoms with Crippen LogP contribution in [0.5, 0.6) is 5.75 Å². The molecule has 0 saturated carbocycles. The molecule has 3 rings (SSSR count). The summed E-state index contributed by atoms with van der Waals surface area (Å²) in [5, 5.41) is 10.6. The number of rotatable bonds is 5. The van der Waals surface area contributed by atoms with E-state index in [1.165, 1.54) is 23.8 Å². The number of carbonyl (C=O) groups excluding carboxylic acids is 1. The Morgan fingerprint density at radius 2 is 1.89 bits per heavy atom. The zero-order valence-electron chi connectivity index (χ0n) is 15.6. The van der Waals surface area contributed by atoms with E-state index in [1.54, 1.807) is 38.1 Å². The van der Waals surface area contributed by atoms with Crippen LogP contribution in [-0.2, 0) is 4.79 Å². The van der Waals surface area contributed by atoms with Gasteiger partial charge in [-0.2, -0.15) is 0 Å². The molecule has 0 bridgehead atoms. The molecule has 3 aromatic rings. The summed E-state index contributed by atoms with van der Waals surface area (Å²) in [6, 6.07) is 8.98. The van der Waals surface area contributed by atoms with Gasteiger partial charge in [0.15, 0.2) is 11.6 Å². The minimum atomic E-state index is -1.01. The molecule has 0 fully saturated rings. The van der Waals surface area contributed by atoms with Gasteiger partial charge in [0.2, 0.25) is 0 Å². The molecule has 1 atom stereocenters. The van der Waals surface area contributed by atoms with Gasteiger partial charge in [-0.15, -0.1) is 0 Å². The lowest BCUT2D eigenvalue weighted by molar-refractivity contribution is -0.138. The smallest absolute Gasteiger partial charge is 0.311 e. The summed E-state index contributed by atoms with van der Waals surface area (Å²) in [5.41, 5.74) is 1.59. The van der Waals surface area contributed by atoms with E-state index in [0.717, 1.165) is 0 Å². The van der Waals surface area contributed by atoms with Crippen molar-refractivity contribution in [2.75, 3.05) is 7.11 Å². The molecule has 146 valence electrons. The molecule has 0 amide bonds. The number of carboxylic acids is 1. The summed E-state index contributed by atoms with van der Waals surface area (Å²) in [4.78, 5) is 25.0. The molecule has 28 heavy (non-hydrogen) atoms. The minimum Gasteiger partial charge on any atom is -0.494 e. The first-order valence-electron chi connectivity index (χ1n) is 8.71. The maximum atomic E-state index is 14.4. The maximum Gasteiger partial charge on any atom is 0.311 e. The second-order valence-corrected chi connectivity index (χ2v) is 6.89. The van der Waals surface area contributed by atoms with Gasteiger partial charge in [-0.05, 0) is 49.2 Å². The van der Waals surface area contributed by atoms with Gasteiger partial charge in [-0.3, -0.25) is 14.2 Å². The van der Waals surface area contributed by atoms with E-state index in [-0.39, 0.29) is 5.75 Å². The first kappa shape index (κ1) is 19.9. The summed E-state index contributed by atoms with van der Waals surface area (Å²) < 4.78 is 20.8. The normalized spacial score (nSPS) is 12.2. The van der Waals surface area contributed by atoms with Crippen LogP contribution in [0.15, 0.2) is 36.4 Å². The van der Waals surface area contributed by atoms with E-state index in [0.29, 0.717) is 39.2 Å². The topological polar surface area (TPSA) is 68.5 Å². The number of fused-ring (bicyclic) bond motifs is 1. The number of aromatic nitrogens is 1. The average Bonchev–Trinajstić information content (AvgIpc) is 2.93. The van der Waals surface area contributed by atoms with Crippen molar-refractivity contribution in [3.05, 3.63) is 64.1 Å². The second-order valence-electron chi connectivity index (χ2n) is 6.45. The standard InChI is InChI=1S/C21H19ClFNO4/c1-4-14(21(26)27)19-11(2)24(20(25)12-5-7-13(22)8-6-12)17-10-16(23)18(28-3)9-15(17)19/h5-10,14H,4H2,1-3H3,(H,26,27).